The molecule has 3 heterocycles. The van der Waals surface area contributed by atoms with Crippen LogP contribution in [0.5, 0.6) is 0 Å². The average Bonchev–Trinajstić information content (AvgIpc) is 3.16. The zero-order valence-electron chi connectivity index (χ0n) is 15.0. The highest BCUT2D eigenvalue weighted by Crippen LogP contribution is 2.22. The molecule has 9 heteroatoms. The molecule has 0 spiro atoms. The first-order valence-corrected chi connectivity index (χ1v) is 8.42. The van der Waals surface area contributed by atoms with E-state index in [0.717, 1.165) is 6.07 Å². The van der Waals surface area contributed by atoms with E-state index >= 15 is 0 Å². The van der Waals surface area contributed by atoms with Gasteiger partial charge in [0.25, 0.3) is 0 Å². The fraction of sp³-hybridized carbons (Fsp3) is 0.278. The topological polar surface area (TPSA) is 75.8 Å². The molecule has 7 nitrogen and oxygen atoms in total. The van der Waals surface area contributed by atoms with E-state index < -0.39 is 17.4 Å². The number of halogens is 2. The number of nitrogens with zero attached hydrogens (tertiary/aromatic N) is 4. The Labute approximate surface area is 154 Å². The monoisotopic (exact) mass is 372 g/mol. The van der Waals surface area contributed by atoms with Crippen LogP contribution in [-0.2, 0) is 4.84 Å². The van der Waals surface area contributed by atoms with Gasteiger partial charge in [-0.1, -0.05) is 5.16 Å². The van der Waals surface area contributed by atoms with Crippen LogP contribution in [0.2, 0.25) is 0 Å². The molecular weight excluding hydrogens is 354 g/mol. The van der Waals surface area contributed by atoms with Gasteiger partial charge in [0, 0.05) is 12.3 Å². The van der Waals surface area contributed by atoms with Crippen LogP contribution in [0, 0.1) is 11.6 Å². The normalized spacial score (nSPS) is 16.6. The Morgan fingerprint density at radius 3 is 2.63 bits per heavy atom. The van der Waals surface area contributed by atoms with Crippen LogP contribution in [0.3, 0.4) is 0 Å². The van der Waals surface area contributed by atoms with E-state index in [0.29, 0.717) is 28.4 Å². The Morgan fingerprint density at radius 1 is 1.22 bits per heavy atom. The molecule has 0 saturated carbocycles. The van der Waals surface area contributed by atoms with Crippen LogP contribution in [0.1, 0.15) is 37.9 Å². The molecule has 27 heavy (non-hydrogen) atoms. The fourth-order valence-corrected chi connectivity index (χ4v) is 2.85. The van der Waals surface area contributed by atoms with Crippen molar-refractivity contribution in [1.82, 2.24) is 19.9 Å². The van der Waals surface area contributed by atoms with Crippen molar-refractivity contribution < 1.29 is 13.6 Å². The number of hydrogen-bond donors (Lipinski definition) is 2. The molecule has 1 aromatic carbocycles. The van der Waals surface area contributed by atoms with Crippen molar-refractivity contribution in [2.45, 2.75) is 32.5 Å². The molecule has 3 aromatic rings. The van der Waals surface area contributed by atoms with Gasteiger partial charge in [-0.2, -0.15) is 5.10 Å². The van der Waals surface area contributed by atoms with Gasteiger partial charge in [-0.3, -0.25) is 0 Å². The van der Waals surface area contributed by atoms with Gasteiger partial charge in [-0.25, -0.2) is 18.3 Å². The highest BCUT2D eigenvalue weighted by atomic mass is 19.1. The van der Waals surface area contributed by atoms with E-state index in [1.807, 2.05) is 13.8 Å². The second kappa shape index (κ2) is 6.19. The lowest BCUT2D eigenvalue weighted by Crippen LogP contribution is -2.38. The molecule has 1 aliphatic rings. The number of aromatic nitrogens is 3. The third-order valence-electron chi connectivity index (χ3n) is 4.16. The standard InChI is InChI=1S/C18H18F2N6O/c1-10(11-6-12(19)8-13(20)7-11)22-15-4-5-26-17(23-15)14(9-21-26)16-24-18(2,3)27-25-16/h4-10H,1-3H3,(H,22,23)(H,24,25). The van der Waals surface area contributed by atoms with Gasteiger partial charge in [0.2, 0.25) is 5.72 Å². The maximum Gasteiger partial charge on any atom is 0.203 e. The number of rotatable bonds is 4. The van der Waals surface area contributed by atoms with Crippen LogP contribution < -0.4 is 10.6 Å². The fourth-order valence-electron chi connectivity index (χ4n) is 2.85. The smallest absolute Gasteiger partial charge is 0.203 e. The Balaban J connectivity index is 1.62. The number of oxime groups is 1. The molecule has 0 bridgehead atoms. The van der Waals surface area contributed by atoms with Crippen LogP contribution in [-0.4, -0.2) is 26.2 Å². The van der Waals surface area contributed by atoms with E-state index in [4.69, 9.17) is 4.84 Å². The Bertz CT molecular complexity index is 1030. The summed E-state index contributed by atoms with van der Waals surface area (Å²) in [5, 5.41) is 14.6. The minimum Gasteiger partial charge on any atom is -0.366 e. The number of benzene rings is 1. The number of nitrogens with one attached hydrogen (secondary N) is 2. The van der Waals surface area contributed by atoms with Gasteiger partial charge in [0.15, 0.2) is 11.5 Å². The van der Waals surface area contributed by atoms with Crippen molar-refractivity contribution >= 4 is 17.3 Å². The van der Waals surface area contributed by atoms with Gasteiger partial charge in [0.05, 0.1) is 17.8 Å². The predicted molar refractivity (Wildman–Crippen MR) is 96.2 cm³/mol. The molecule has 140 valence electrons. The quantitative estimate of drug-likeness (QED) is 0.736. The summed E-state index contributed by atoms with van der Waals surface area (Å²) in [5.41, 5.74) is 1.15. The number of amidine groups is 1. The summed E-state index contributed by atoms with van der Waals surface area (Å²) in [6.45, 7) is 5.52. The average molecular weight is 372 g/mol. The van der Waals surface area contributed by atoms with Crippen molar-refractivity contribution in [1.29, 1.82) is 0 Å². The summed E-state index contributed by atoms with van der Waals surface area (Å²) in [6.07, 6.45) is 3.39. The molecule has 0 fully saturated rings. The van der Waals surface area contributed by atoms with E-state index in [1.165, 1.54) is 12.1 Å². The van der Waals surface area contributed by atoms with Crippen molar-refractivity contribution in [2.24, 2.45) is 5.16 Å². The highest BCUT2D eigenvalue weighted by molar-refractivity contribution is 6.04. The van der Waals surface area contributed by atoms with E-state index in [-0.39, 0.29) is 6.04 Å². The first-order chi connectivity index (χ1) is 12.8. The molecule has 0 radical (unpaired) electrons. The maximum atomic E-state index is 13.5. The Kier molecular flexibility index (Phi) is 3.94. The van der Waals surface area contributed by atoms with Crippen LogP contribution in [0.15, 0.2) is 41.8 Å². The molecular formula is C18H18F2N6O. The molecule has 0 amide bonds. The van der Waals surface area contributed by atoms with E-state index in [2.05, 4.69) is 25.9 Å². The third-order valence-corrected chi connectivity index (χ3v) is 4.16. The summed E-state index contributed by atoms with van der Waals surface area (Å²) < 4.78 is 28.5. The van der Waals surface area contributed by atoms with Crippen LogP contribution in [0.4, 0.5) is 14.6 Å². The first-order valence-electron chi connectivity index (χ1n) is 8.42. The SMILES string of the molecule is CC(Nc1ccn2ncc(C3=NOC(C)(C)N3)c2n1)c1cc(F)cc(F)c1. The third kappa shape index (κ3) is 3.40. The maximum absolute atomic E-state index is 13.5. The predicted octanol–water partition coefficient (Wildman–Crippen LogP) is 3.20. The van der Waals surface area contributed by atoms with E-state index in [1.54, 1.807) is 29.9 Å². The molecule has 0 saturated heterocycles. The Hall–Kier alpha value is -3.23. The number of fused-ring (bicyclic) bond motifs is 1. The zero-order chi connectivity index (χ0) is 19.2. The van der Waals surface area contributed by atoms with Crippen LogP contribution >= 0.6 is 0 Å². The summed E-state index contributed by atoms with van der Waals surface area (Å²) in [6, 6.07) is 4.82. The van der Waals surface area contributed by atoms with E-state index in [9.17, 15) is 8.78 Å². The minimum absolute atomic E-state index is 0.347. The molecule has 1 unspecified atom stereocenters. The molecule has 1 atom stereocenters. The van der Waals surface area contributed by atoms with Gasteiger partial charge >= 0.3 is 0 Å². The minimum atomic E-state index is -0.618. The van der Waals surface area contributed by atoms with Gasteiger partial charge in [-0.05, 0) is 44.5 Å². The summed E-state index contributed by atoms with van der Waals surface area (Å²) >= 11 is 0. The zero-order valence-corrected chi connectivity index (χ0v) is 15.0. The molecule has 2 N–H and O–H groups in total. The summed E-state index contributed by atoms with van der Waals surface area (Å²) in [7, 11) is 0. The van der Waals surface area contributed by atoms with Gasteiger partial charge in [-0.15, -0.1) is 0 Å². The lowest BCUT2D eigenvalue weighted by Gasteiger charge is -2.16. The highest BCUT2D eigenvalue weighted by Gasteiger charge is 2.30. The van der Waals surface area contributed by atoms with Gasteiger partial charge < -0.3 is 15.5 Å². The molecule has 2 aromatic heterocycles. The lowest BCUT2D eigenvalue weighted by atomic mass is 10.1. The lowest BCUT2D eigenvalue weighted by molar-refractivity contribution is -0.00234. The summed E-state index contributed by atoms with van der Waals surface area (Å²) in [5.74, 6) is -0.152. The Morgan fingerprint density at radius 2 is 1.96 bits per heavy atom. The molecule has 0 aliphatic carbocycles. The first kappa shape index (κ1) is 17.2. The molecule has 1 aliphatic heterocycles. The number of hydrogen-bond acceptors (Lipinski definition) is 6. The van der Waals surface area contributed by atoms with Crippen molar-refractivity contribution in [3.63, 3.8) is 0 Å². The van der Waals surface area contributed by atoms with Crippen molar-refractivity contribution in [3.8, 4) is 0 Å². The second-order valence-electron chi connectivity index (χ2n) is 6.87. The van der Waals surface area contributed by atoms with Crippen molar-refractivity contribution in [2.75, 3.05) is 5.32 Å². The summed E-state index contributed by atoms with van der Waals surface area (Å²) in [4.78, 5) is 9.89. The van der Waals surface area contributed by atoms with Gasteiger partial charge in [0.1, 0.15) is 17.5 Å². The van der Waals surface area contributed by atoms with Crippen LogP contribution in [0.25, 0.3) is 5.65 Å². The molecule has 4 rings (SSSR count). The van der Waals surface area contributed by atoms with Crippen molar-refractivity contribution in [3.05, 3.63) is 59.4 Å². The second-order valence-corrected chi connectivity index (χ2v) is 6.87. The number of anilines is 1. The largest absolute Gasteiger partial charge is 0.366 e.